The first-order valence-electron chi connectivity index (χ1n) is 5.66. The van der Waals surface area contributed by atoms with Crippen LogP contribution in [0.25, 0.3) is 11.4 Å². The van der Waals surface area contributed by atoms with Crippen molar-refractivity contribution >= 4 is 5.69 Å². The Bertz CT molecular complexity index is 581. The molecule has 100 valence electrons. The summed E-state index contributed by atoms with van der Waals surface area (Å²) in [5, 5.41) is 11.1. The van der Waals surface area contributed by atoms with E-state index in [2.05, 4.69) is 9.97 Å². The molecule has 7 nitrogen and oxygen atoms in total. The number of nitrogens with one attached hydrogen (secondary N) is 1. The van der Waals surface area contributed by atoms with Gasteiger partial charge in [0.1, 0.15) is 5.82 Å². The van der Waals surface area contributed by atoms with Crippen LogP contribution in [0.3, 0.4) is 0 Å². The van der Waals surface area contributed by atoms with Gasteiger partial charge in [-0.2, -0.15) is 0 Å². The Morgan fingerprint density at radius 3 is 2.79 bits per heavy atom. The number of imidazole rings is 1. The van der Waals surface area contributed by atoms with Gasteiger partial charge < -0.3 is 14.5 Å². The van der Waals surface area contributed by atoms with Crippen molar-refractivity contribution in [2.75, 3.05) is 13.7 Å². The van der Waals surface area contributed by atoms with E-state index in [0.29, 0.717) is 23.7 Å². The Morgan fingerprint density at radius 2 is 2.26 bits per heavy atom. The molecule has 0 spiro atoms. The van der Waals surface area contributed by atoms with Crippen molar-refractivity contribution in [2.45, 2.75) is 6.92 Å². The van der Waals surface area contributed by atoms with E-state index in [1.807, 2.05) is 0 Å². The van der Waals surface area contributed by atoms with Gasteiger partial charge in [0.2, 0.25) is 5.75 Å². The number of hydrogen-bond donors (Lipinski definition) is 1. The van der Waals surface area contributed by atoms with Crippen LogP contribution in [0.5, 0.6) is 11.5 Å². The molecular weight excluding hydrogens is 250 g/mol. The van der Waals surface area contributed by atoms with Crippen LogP contribution in [0.4, 0.5) is 5.69 Å². The van der Waals surface area contributed by atoms with Crippen molar-refractivity contribution in [3.63, 3.8) is 0 Å². The molecule has 0 unspecified atom stereocenters. The fraction of sp³-hybridized carbons (Fsp3) is 0.250. The summed E-state index contributed by atoms with van der Waals surface area (Å²) in [6.45, 7) is 2.18. The first-order chi connectivity index (χ1) is 9.17. The number of hydrogen-bond acceptors (Lipinski definition) is 5. The maximum absolute atomic E-state index is 11.1. The molecule has 0 aliphatic rings. The molecule has 1 heterocycles. The van der Waals surface area contributed by atoms with Gasteiger partial charge in [0.05, 0.1) is 18.6 Å². The van der Waals surface area contributed by atoms with Gasteiger partial charge in [-0.15, -0.1) is 0 Å². The van der Waals surface area contributed by atoms with Gasteiger partial charge in [-0.05, 0) is 13.0 Å². The van der Waals surface area contributed by atoms with E-state index < -0.39 is 4.92 Å². The minimum atomic E-state index is -0.506. The Balaban J connectivity index is 2.61. The zero-order chi connectivity index (χ0) is 13.8. The molecule has 2 aromatic rings. The molecule has 0 atom stereocenters. The number of methoxy groups -OCH3 is 1. The van der Waals surface area contributed by atoms with Crippen LogP contribution in [-0.2, 0) is 0 Å². The van der Waals surface area contributed by atoms with E-state index in [0.717, 1.165) is 0 Å². The lowest BCUT2D eigenvalue weighted by Crippen LogP contribution is -2.00. The van der Waals surface area contributed by atoms with Crippen molar-refractivity contribution in [1.82, 2.24) is 9.97 Å². The van der Waals surface area contributed by atoms with Gasteiger partial charge in [-0.1, -0.05) is 0 Å². The van der Waals surface area contributed by atoms with E-state index in [1.165, 1.54) is 13.2 Å². The molecule has 0 saturated heterocycles. The van der Waals surface area contributed by atoms with Crippen LogP contribution >= 0.6 is 0 Å². The molecule has 1 N–H and O–H groups in total. The highest BCUT2D eigenvalue weighted by Gasteiger charge is 2.22. The third kappa shape index (κ3) is 2.49. The largest absolute Gasteiger partial charge is 0.490 e. The van der Waals surface area contributed by atoms with E-state index >= 15 is 0 Å². The second-order valence-electron chi connectivity index (χ2n) is 3.65. The van der Waals surface area contributed by atoms with Crippen molar-refractivity contribution in [1.29, 1.82) is 0 Å². The predicted octanol–water partition coefficient (Wildman–Crippen LogP) is 2.39. The summed E-state index contributed by atoms with van der Waals surface area (Å²) >= 11 is 0. The average Bonchev–Trinajstić information content (AvgIpc) is 2.92. The van der Waals surface area contributed by atoms with Crippen molar-refractivity contribution in [3.05, 3.63) is 34.6 Å². The quantitative estimate of drug-likeness (QED) is 0.660. The number of nitro groups is 1. The van der Waals surface area contributed by atoms with Crippen molar-refractivity contribution in [3.8, 4) is 22.9 Å². The number of aromatic amines is 1. The Hall–Kier alpha value is -2.57. The van der Waals surface area contributed by atoms with E-state index in [9.17, 15) is 10.1 Å². The Morgan fingerprint density at radius 1 is 1.47 bits per heavy atom. The number of aromatic nitrogens is 2. The number of nitrogens with zero attached hydrogens (tertiary/aromatic N) is 2. The molecular formula is C12H13N3O4. The third-order valence-electron chi connectivity index (χ3n) is 2.51. The van der Waals surface area contributed by atoms with Crippen molar-refractivity contribution in [2.24, 2.45) is 0 Å². The van der Waals surface area contributed by atoms with Gasteiger partial charge in [0.15, 0.2) is 5.75 Å². The van der Waals surface area contributed by atoms with Crippen LogP contribution in [0, 0.1) is 10.1 Å². The third-order valence-corrected chi connectivity index (χ3v) is 2.51. The monoisotopic (exact) mass is 263 g/mol. The second-order valence-corrected chi connectivity index (χ2v) is 3.65. The topological polar surface area (TPSA) is 90.3 Å². The number of ether oxygens (including phenoxy) is 2. The molecule has 0 fully saturated rings. The molecule has 2 rings (SSSR count). The molecule has 1 aromatic heterocycles. The van der Waals surface area contributed by atoms with Gasteiger partial charge in [0.25, 0.3) is 0 Å². The summed E-state index contributed by atoms with van der Waals surface area (Å²) < 4.78 is 10.5. The highest BCUT2D eigenvalue weighted by molar-refractivity contribution is 5.69. The van der Waals surface area contributed by atoms with Crippen molar-refractivity contribution < 1.29 is 14.4 Å². The maximum atomic E-state index is 11.1. The molecule has 0 radical (unpaired) electrons. The normalized spacial score (nSPS) is 10.2. The lowest BCUT2D eigenvalue weighted by atomic mass is 10.1. The molecule has 0 saturated carbocycles. The molecule has 0 amide bonds. The summed E-state index contributed by atoms with van der Waals surface area (Å²) in [6.07, 6.45) is 3.22. The summed E-state index contributed by atoms with van der Waals surface area (Å²) in [7, 11) is 1.37. The highest BCUT2D eigenvalue weighted by atomic mass is 16.6. The standard InChI is InChI=1S/C12H13N3O4/c1-3-19-10-7-8(12-13-4-5-14-12)6-9(15(16)17)11(10)18-2/h4-7H,3H2,1-2H3,(H,13,14). The SMILES string of the molecule is CCOc1cc(-c2ncc[nH]2)cc([N+](=O)[O-])c1OC. The lowest BCUT2D eigenvalue weighted by Gasteiger charge is -2.10. The van der Waals surface area contributed by atoms with Gasteiger partial charge in [0, 0.05) is 24.0 Å². The van der Waals surface area contributed by atoms with Crippen LogP contribution in [-0.4, -0.2) is 28.6 Å². The number of benzene rings is 1. The fourth-order valence-corrected chi connectivity index (χ4v) is 1.75. The van der Waals surface area contributed by atoms with Crippen LogP contribution in [0.2, 0.25) is 0 Å². The molecule has 0 aliphatic heterocycles. The zero-order valence-electron chi connectivity index (χ0n) is 10.5. The Kier molecular flexibility index (Phi) is 3.65. The summed E-state index contributed by atoms with van der Waals surface area (Å²) in [5.41, 5.74) is 0.417. The minimum Gasteiger partial charge on any atom is -0.490 e. The summed E-state index contributed by atoms with van der Waals surface area (Å²) in [6, 6.07) is 3.06. The van der Waals surface area contributed by atoms with Gasteiger partial charge in [-0.25, -0.2) is 4.98 Å². The van der Waals surface area contributed by atoms with Crippen LogP contribution < -0.4 is 9.47 Å². The minimum absolute atomic E-state index is 0.113. The smallest absolute Gasteiger partial charge is 0.315 e. The van der Waals surface area contributed by atoms with E-state index in [-0.39, 0.29) is 11.4 Å². The summed E-state index contributed by atoms with van der Waals surface area (Å²) in [4.78, 5) is 17.6. The average molecular weight is 263 g/mol. The van der Waals surface area contributed by atoms with Gasteiger partial charge in [-0.3, -0.25) is 10.1 Å². The Labute approximate surface area is 109 Å². The molecule has 0 aliphatic carbocycles. The fourth-order valence-electron chi connectivity index (χ4n) is 1.75. The molecule has 7 heteroatoms. The summed E-state index contributed by atoms with van der Waals surface area (Å²) in [5.74, 6) is 0.972. The number of rotatable bonds is 5. The first-order valence-corrected chi connectivity index (χ1v) is 5.66. The molecule has 0 bridgehead atoms. The predicted molar refractivity (Wildman–Crippen MR) is 68.4 cm³/mol. The van der Waals surface area contributed by atoms with Crippen LogP contribution in [0.15, 0.2) is 24.5 Å². The van der Waals surface area contributed by atoms with E-state index in [4.69, 9.17) is 9.47 Å². The number of nitro benzene ring substituents is 1. The zero-order valence-corrected chi connectivity index (χ0v) is 10.5. The van der Waals surface area contributed by atoms with Gasteiger partial charge >= 0.3 is 5.69 Å². The number of H-pyrrole nitrogens is 1. The maximum Gasteiger partial charge on any atom is 0.315 e. The highest BCUT2D eigenvalue weighted by Crippen LogP contribution is 2.40. The second kappa shape index (κ2) is 5.38. The van der Waals surface area contributed by atoms with E-state index in [1.54, 1.807) is 25.4 Å². The molecule has 19 heavy (non-hydrogen) atoms. The molecule has 1 aromatic carbocycles. The van der Waals surface area contributed by atoms with Crippen LogP contribution in [0.1, 0.15) is 6.92 Å². The first kappa shape index (κ1) is 12.9. The lowest BCUT2D eigenvalue weighted by molar-refractivity contribution is -0.385.